The lowest BCUT2D eigenvalue weighted by Gasteiger charge is -2.09. The van der Waals surface area contributed by atoms with Crippen LogP contribution in [0.25, 0.3) is 6.08 Å². The number of nitrogens with zero attached hydrogens (tertiary/aromatic N) is 4. The van der Waals surface area contributed by atoms with Crippen LogP contribution in [0.15, 0.2) is 17.2 Å². The summed E-state index contributed by atoms with van der Waals surface area (Å²) in [5.41, 5.74) is 0.777. The van der Waals surface area contributed by atoms with Gasteiger partial charge in [0.1, 0.15) is 16.8 Å². The summed E-state index contributed by atoms with van der Waals surface area (Å²) >= 11 is 7.59. The largest absolute Gasteiger partial charge is 0.297 e. The molecule has 1 saturated heterocycles. The van der Waals surface area contributed by atoms with Gasteiger partial charge in [-0.15, -0.1) is 11.3 Å². The average Bonchev–Trinajstić information content (AvgIpc) is 3.27. The zero-order chi connectivity index (χ0) is 18.9. The van der Waals surface area contributed by atoms with E-state index in [-0.39, 0.29) is 28.3 Å². The van der Waals surface area contributed by atoms with Crippen molar-refractivity contribution in [2.24, 2.45) is 0 Å². The molecule has 2 aromatic heterocycles. The van der Waals surface area contributed by atoms with Crippen LogP contribution in [0.1, 0.15) is 23.7 Å². The zero-order valence-corrected chi connectivity index (χ0v) is 16.0. The molecule has 1 N–H and O–H groups in total. The lowest BCUT2D eigenvalue weighted by molar-refractivity contribution is -0.112. The molecular weight excluding hydrogens is 398 g/mol. The molecule has 0 spiro atoms. The maximum atomic E-state index is 12.2. The number of thiazole rings is 1. The molecule has 0 radical (unpaired) electrons. The smallest absolute Gasteiger partial charge is 0.268 e. The van der Waals surface area contributed by atoms with E-state index in [9.17, 15) is 18.5 Å². The molecule has 26 heavy (non-hydrogen) atoms. The van der Waals surface area contributed by atoms with Crippen LogP contribution in [0.4, 0.5) is 5.13 Å². The molecule has 0 unspecified atom stereocenters. The van der Waals surface area contributed by atoms with Gasteiger partial charge in [-0.05, 0) is 19.4 Å². The van der Waals surface area contributed by atoms with E-state index in [1.54, 1.807) is 12.3 Å². The highest BCUT2D eigenvalue weighted by molar-refractivity contribution is 7.91. The number of aromatic nitrogens is 3. The van der Waals surface area contributed by atoms with E-state index >= 15 is 0 Å². The topological polar surface area (TPSA) is 118 Å². The van der Waals surface area contributed by atoms with Crippen LogP contribution in [-0.4, -0.2) is 40.6 Å². The van der Waals surface area contributed by atoms with Crippen LogP contribution in [-0.2, 0) is 14.6 Å². The summed E-state index contributed by atoms with van der Waals surface area (Å²) in [6.45, 7) is 1.69. The Balaban J connectivity index is 1.90. The minimum atomic E-state index is -3.09. The maximum absolute atomic E-state index is 12.2. The fourth-order valence-corrected chi connectivity index (χ4v) is 5.23. The molecular formula is C15H14ClN5O3S2. The number of rotatable bonds is 4. The van der Waals surface area contributed by atoms with Crippen LogP contribution in [0.5, 0.6) is 0 Å². The first-order chi connectivity index (χ1) is 12.3. The van der Waals surface area contributed by atoms with Crippen molar-refractivity contribution < 1.29 is 13.2 Å². The standard InChI is InChI=1S/C15H14ClN5O3S2/c1-9-12(6-10(7-17)14(22)19-15-18-3-4-25-15)13(16)21(20-9)11-2-5-26(23,24)8-11/h3-4,6,11H,2,5,8H2,1H3,(H,18,19,22)/b10-6+/t11-/m0/s1. The Kier molecular flexibility index (Phi) is 5.13. The van der Waals surface area contributed by atoms with Crippen molar-refractivity contribution in [1.82, 2.24) is 14.8 Å². The van der Waals surface area contributed by atoms with Crippen molar-refractivity contribution in [1.29, 1.82) is 5.26 Å². The molecule has 11 heteroatoms. The van der Waals surface area contributed by atoms with E-state index in [4.69, 9.17) is 11.6 Å². The van der Waals surface area contributed by atoms with Gasteiger partial charge in [-0.25, -0.2) is 18.1 Å². The molecule has 1 fully saturated rings. The highest BCUT2D eigenvalue weighted by Crippen LogP contribution is 2.31. The number of anilines is 1. The summed E-state index contributed by atoms with van der Waals surface area (Å²) in [5, 5.41) is 18.4. The monoisotopic (exact) mass is 411 g/mol. The van der Waals surface area contributed by atoms with Gasteiger partial charge in [-0.2, -0.15) is 10.4 Å². The highest BCUT2D eigenvalue weighted by Gasteiger charge is 2.32. The number of amides is 1. The fourth-order valence-electron chi connectivity index (χ4n) is 2.65. The minimum absolute atomic E-state index is 0.0212. The van der Waals surface area contributed by atoms with Gasteiger partial charge in [-0.1, -0.05) is 11.6 Å². The second-order valence-electron chi connectivity index (χ2n) is 5.75. The molecule has 0 bridgehead atoms. The molecule has 3 rings (SSSR count). The van der Waals surface area contributed by atoms with Crippen LogP contribution in [0.3, 0.4) is 0 Å². The Morgan fingerprint density at radius 1 is 1.58 bits per heavy atom. The third-order valence-corrected chi connectivity index (χ3v) is 6.75. The van der Waals surface area contributed by atoms with E-state index < -0.39 is 15.7 Å². The average molecular weight is 412 g/mol. The molecule has 3 heterocycles. The Labute approximate surface area is 159 Å². The summed E-state index contributed by atoms with van der Waals surface area (Å²) in [7, 11) is -3.09. The number of halogens is 1. The van der Waals surface area contributed by atoms with Crippen molar-refractivity contribution in [3.8, 4) is 6.07 Å². The SMILES string of the molecule is Cc1nn([C@H]2CCS(=O)(=O)C2)c(Cl)c1/C=C(\C#N)C(=O)Nc1nccs1. The molecule has 2 aromatic rings. The molecule has 1 aliphatic rings. The summed E-state index contributed by atoms with van der Waals surface area (Å²) in [4.78, 5) is 16.2. The quantitative estimate of drug-likeness (QED) is 0.608. The predicted octanol–water partition coefficient (Wildman–Crippen LogP) is 2.21. The van der Waals surface area contributed by atoms with Crippen molar-refractivity contribution >= 4 is 49.9 Å². The Hall–Kier alpha value is -2.22. The van der Waals surface area contributed by atoms with Crippen LogP contribution in [0.2, 0.25) is 5.15 Å². The van der Waals surface area contributed by atoms with Crippen molar-refractivity contribution in [3.05, 3.63) is 33.6 Å². The Bertz CT molecular complexity index is 1020. The zero-order valence-electron chi connectivity index (χ0n) is 13.6. The number of sulfone groups is 1. The number of nitriles is 1. The highest BCUT2D eigenvalue weighted by atomic mass is 35.5. The number of hydrogen-bond acceptors (Lipinski definition) is 7. The molecule has 1 aliphatic heterocycles. The molecule has 0 aliphatic carbocycles. The molecule has 1 amide bonds. The van der Waals surface area contributed by atoms with Crippen molar-refractivity contribution in [3.63, 3.8) is 0 Å². The van der Waals surface area contributed by atoms with Gasteiger partial charge in [-0.3, -0.25) is 10.1 Å². The van der Waals surface area contributed by atoms with Crippen LogP contribution >= 0.6 is 22.9 Å². The van der Waals surface area contributed by atoms with Gasteiger partial charge in [0.2, 0.25) is 0 Å². The summed E-state index contributed by atoms with van der Waals surface area (Å²) < 4.78 is 24.8. The predicted molar refractivity (Wildman–Crippen MR) is 98.6 cm³/mol. The second kappa shape index (κ2) is 7.19. The van der Waals surface area contributed by atoms with Crippen molar-refractivity contribution in [2.45, 2.75) is 19.4 Å². The number of nitrogens with one attached hydrogen (secondary N) is 1. The summed E-state index contributed by atoms with van der Waals surface area (Å²) in [5.74, 6) is -0.529. The lowest BCUT2D eigenvalue weighted by atomic mass is 10.1. The summed E-state index contributed by atoms with van der Waals surface area (Å²) in [6.07, 6.45) is 3.33. The third-order valence-electron chi connectivity index (χ3n) is 3.93. The van der Waals surface area contributed by atoms with E-state index in [0.717, 1.165) is 0 Å². The first-order valence-corrected chi connectivity index (χ1v) is 10.7. The van der Waals surface area contributed by atoms with Crippen LogP contribution in [0, 0.1) is 18.3 Å². The van der Waals surface area contributed by atoms with Gasteiger partial charge in [0, 0.05) is 17.1 Å². The molecule has 8 nitrogen and oxygen atoms in total. The Morgan fingerprint density at radius 3 is 2.92 bits per heavy atom. The van der Waals surface area contributed by atoms with Crippen LogP contribution < -0.4 is 5.32 Å². The number of aryl methyl sites for hydroxylation is 1. The minimum Gasteiger partial charge on any atom is -0.297 e. The number of carbonyl (C=O) groups is 1. The number of hydrogen-bond donors (Lipinski definition) is 1. The molecule has 136 valence electrons. The van der Waals surface area contributed by atoms with E-state index in [1.165, 1.54) is 28.3 Å². The molecule has 1 atom stereocenters. The number of carbonyl (C=O) groups excluding carboxylic acids is 1. The normalized spacial score (nSPS) is 19.3. The van der Waals surface area contributed by atoms with E-state index in [0.29, 0.717) is 22.8 Å². The van der Waals surface area contributed by atoms with Gasteiger partial charge in [0.15, 0.2) is 15.0 Å². The summed E-state index contributed by atoms with van der Waals surface area (Å²) in [6, 6.07) is 1.50. The third kappa shape index (κ3) is 3.80. The molecule has 0 aromatic carbocycles. The van der Waals surface area contributed by atoms with Crippen molar-refractivity contribution in [2.75, 3.05) is 16.8 Å². The second-order valence-corrected chi connectivity index (χ2v) is 9.23. The maximum Gasteiger partial charge on any atom is 0.268 e. The van der Waals surface area contributed by atoms with E-state index in [1.807, 2.05) is 6.07 Å². The lowest BCUT2D eigenvalue weighted by Crippen LogP contribution is -2.13. The van der Waals surface area contributed by atoms with Gasteiger partial charge >= 0.3 is 0 Å². The molecule has 0 saturated carbocycles. The van der Waals surface area contributed by atoms with E-state index in [2.05, 4.69) is 15.4 Å². The van der Waals surface area contributed by atoms with Gasteiger partial charge in [0.05, 0.1) is 23.2 Å². The first-order valence-electron chi connectivity index (χ1n) is 7.58. The fraction of sp³-hybridized carbons (Fsp3) is 0.333. The van der Waals surface area contributed by atoms with Gasteiger partial charge < -0.3 is 0 Å². The first kappa shape index (κ1) is 18.6. The van der Waals surface area contributed by atoms with Gasteiger partial charge in [0.25, 0.3) is 5.91 Å². The Morgan fingerprint density at radius 2 is 2.35 bits per heavy atom.